The number of ketones is 1. The zero-order valence-corrected chi connectivity index (χ0v) is 21.5. The van der Waals surface area contributed by atoms with E-state index in [0.717, 1.165) is 11.3 Å². The van der Waals surface area contributed by atoms with E-state index >= 15 is 0 Å². The molecule has 1 N–H and O–H groups in total. The third-order valence-corrected chi connectivity index (χ3v) is 9.63. The Morgan fingerprint density at radius 2 is 1.76 bits per heavy atom. The highest BCUT2D eigenvalue weighted by atomic mass is 35.5. The molecule has 2 aromatic carbocycles. The lowest BCUT2D eigenvalue weighted by molar-refractivity contribution is -0.120. The van der Waals surface area contributed by atoms with Crippen molar-refractivity contribution in [2.75, 3.05) is 18.4 Å². The van der Waals surface area contributed by atoms with Crippen LogP contribution in [0.3, 0.4) is 0 Å². The number of hydrogen-bond acceptors (Lipinski definition) is 5. The summed E-state index contributed by atoms with van der Waals surface area (Å²) in [4.78, 5) is 26.3. The van der Waals surface area contributed by atoms with Crippen LogP contribution in [0, 0.1) is 5.92 Å². The summed E-state index contributed by atoms with van der Waals surface area (Å²) in [5.74, 6) is -1.34. The molecule has 0 radical (unpaired) electrons. The molecule has 4 rings (SSSR count). The molecule has 1 aliphatic rings. The van der Waals surface area contributed by atoms with Gasteiger partial charge in [0.2, 0.25) is 5.91 Å². The minimum Gasteiger partial charge on any atom is -0.325 e. The Hall–Kier alpha value is -1.94. The highest BCUT2D eigenvalue weighted by Gasteiger charge is 2.34. The molecule has 0 bridgehead atoms. The number of sulfonamides is 1. The van der Waals surface area contributed by atoms with E-state index in [1.54, 1.807) is 36.4 Å². The summed E-state index contributed by atoms with van der Waals surface area (Å²) in [6.07, 6.45) is 1.05. The summed E-state index contributed by atoms with van der Waals surface area (Å²) < 4.78 is 27.8. The van der Waals surface area contributed by atoms with Gasteiger partial charge >= 0.3 is 0 Å². The number of carbonyl (C=O) groups excluding carboxylic acids is 2. The molecule has 1 aromatic heterocycles. The van der Waals surface area contributed by atoms with Gasteiger partial charge in [-0.15, -0.1) is 11.3 Å². The Morgan fingerprint density at radius 3 is 2.47 bits per heavy atom. The van der Waals surface area contributed by atoms with Crippen molar-refractivity contribution in [1.29, 1.82) is 0 Å². The second kappa shape index (κ2) is 10.4. The standard InChI is InChI=1S/C23H19Cl3N2O4S2/c24-15-7-8-19(17(12-15)22(29)16-5-1-2-6-18(16)25)27-23(30)14-4-3-11-28(13-14)34(31,32)21-10-9-20(26)33-21/h1-2,5-10,12,14H,3-4,11,13H2,(H,27,30). The fraction of sp³-hybridized carbons (Fsp3) is 0.217. The largest absolute Gasteiger partial charge is 0.325 e. The molecule has 0 aliphatic carbocycles. The predicted octanol–water partition coefficient (Wildman–Crippen LogP) is 5.98. The number of piperidine rings is 1. The average Bonchev–Trinajstić information content (AvgIpc) is 3.27. The summed E-state index contributed by atoms with van der Waals surface area (Å²) in [7, 11) is -3.75. The molecule has 1 saturated heterocycles. The molecule has 6 nitrogen and oxygen atoms in total. The topological polar surface area (TPSA) is 83.6 Å². The first-order valence-electron chi connectivity index (χ1n) is 10.3. The monoisotopic (exact) mass is 556 g/mol. The van der Waals surface area contributed by atoms with E-state index in [1.807, 2.05) is 0 Å². The van der Waals surface area contributed by atoms with Crippen LogP contribution in [0.1, 0.15) is 28.8 Å². The molecule has 0 spiro atoms. The van der Waals surface area contributed by atoms with Crippen LogP contribution < -0.4 is 5.32 Å². The van der Waals surface area contributed by atoms with E-state index in [0.29, 0.717) is 28.7 Å². The Labute approximate surface area is 216 Å². The first kappa shape index (κ1) is 25.2. The van der Waals surface area contributed by atoms with Crippen molar-refractivity contribution in [3.8, 4) is 0 Å². The molecule has 34 heavy (non-hydrogen) atoms. The van der Waals surface area contributed by atoms with Gasteiger partial charge in [0.15, 0.2) is 5.78 Å². The summed E-state index contributed by atoms with van der Waals surface area (Å²) in [6, 6.07) is 14.2. The van der Waals surface area contributed by atoms with E-state index < -0.39 is 15.9 Å². The van der Waals surface area contributed by atoms with Gasteiger partial charge in [0.25, 0.3) is 10.0 Å². The van der Waals surface area contributed by atoms with Crippen molar-refractivity contribution < 1.29 is 18.0 Å². The molecule has 1 amide bonds. The maximum absolute atomic E-state index is 13.1. The van der Waals surface area contributed by atoms with Gasteiger partial charge in [-0.3, -0.25) is 9.59 Å². The SMILES string of the molecule is O=C(c1ccccc1Cl)c1cc(Cl)ccc1NC(=O)C1CCCN(S(=O)(=O)c2ccc(Cl)s2)C1. The number of benzene rings is 2. The van der Waals surface area contributed by atoms with E-state index in [-0.39, 0.29) is 44.3 Å². The predicted molar refractivity (Wildman–Crippen MR) is 136 cm³/mol. The molecule has 11 heteroatoms. The Bertz CT molecular complexity index is 1360. The summed E-state index contributed by atoms with van der Waals surface area (Å²) in [5, 5.41) is 3.41. The third kappa shape index (κ3) is 5.32. The van der Waals surface area contributed by atoms with Crippen molar-refractivity contribution in [3.05, 3.63) is 80.1 Å². The molecule has 1 atom stereocenters. The number of hydrogen-bond donors (Lipinski definition) is 1. The first-order chi connectivity index (χ1) is 16.2. The third-order valence-electron chi connectivity index (χ3n) is 5.50. The van der Waals surface area contributed by atoms with Crippen LogP contribution in [-0.2, 0) is 14.8 Å². The number of nitrogens with one attached hydrogen (secondary N) is 1. The quantitative estimate of drug-likeness (QED) is 0.378. The van der Waals surface area contributed by atoms with Gasteiger partial charge in [-0.1, -0.05) is 46.9 Å². The van der Waals surface area contributed by atoms with E-state index in [2.05, 4.69) is 5.32 Å². The van der Waals surface area contributed by atoms with Gasteiger partial charge in [0.05, 0.1) is 21.0 Å². The molecule has 1 unspecified atom stereocenters. The van der Waals surface area contributed by atoms with Crippen molar-refractivity contribution in [2.45, 2.75) is 17.1 Å². The lowest BCUT2D eigenvalue weighted by atomic mass is 9.97. The molecule has 0 saturated carbocycles. The molecule has 3 aromatic rings. The molecule has 1 fully saturated rings. The van der Waals surface area contributed by atoms with Crippen LogP contribution in [0.4, 0.5) is 5.69 Å². The zero-order valence-electron chi connectivity index (χ0n) is 17.6. The normalized spacial score (nSPS) is 16.9. The average molecular weight is 558 g/mol. The van der Waals surface area contributed by atoms with Gasteiger partial charge < -0.3 is 5.32 Å². The van der Waals surface area contributed by atoms with Crippen molar-refractivity contribution >= 4 is 73.5 Å². The first-order valence-corrected chi connectivity index (χ1v) is 13.7. The highest BCUT2D eigenvalue weighted by Crippen LogP contribution is 2.32. The van der Waals surface area contributed by atoms with Crippen LogP contribution in [0.2, 0.25) is 14.4 Å². The lowest BCUT2D eigenvalue weighted by Crippen LogP contribution is -2.43. The maximum Gasteiger partial charge on any atom is 0.252 e. The van der Waals surface area contributed by atoms with Gasteiger partial charge in [0.1, 0.15) is 4.21 Å². The van der Waals surface area contributed by atoms with Crippen molar-refractivity contribution in [3.63, 3.8) is 0 Å². The smallest absolute Gasteiger partial charge is 0.252 e. The number of thiophene rings is 1. The van der Waals surface area contributed by atoms with Gasteiger partial charge in [-0.2, -0.15) is 4.31 Å². The Kier molecular flexibility index (Phi) is 7.66. The number of amides is 1. The number of carbonyl (C=O) groups is 2. The summed E-state index contributed by atoms with van der Waals surface area (Å²) in [6.45, 7) is 0.351. The minimum absolute atomic E-state index is 0.0328. The van der Waals surface area contributed by atoms with Crippen LogP contribution in [-0.4, -0.2) is 37.5 Å². The second-order valence-corrected chi connectivity index (χ2v) is 12.5. The fourth-order valence-electron chi connectivity index (χ4n) is 3.78. The van der Waals surface area contributed by atoms with Crippen molar-refractivity contribution in [2.24, 2.45) is 5.92 Å². The fourth-order valence-corrected chi connectivity index (χ4v) is 7.33. The summed E-state index contributed by atoms with van der Waals surface area (Å²) in [5.41, 5.74) is 0.762. The number of rotatable bonds is 6. The van der Waals surface area contributed by atoms with E-state index in [4.69, 9.17) is 34.8 Å². The molecular formula is C23H19Cl3N2O4S2. The Balaban J connectivity index is 1.55. The Morgan fingerprint density at radius 1 is 1.00 bits per heavy atom. The van der Waals surface area contributed by atoms with Crippen LogP contribution >= 0.6 is 46.1 Å². The molecule has 2 heterocycles. The van der Waals surface area contributed by atoms with Crippen LogP contribution in [0.25, 0.3) is 0 Å². The number of nitrogens with zero attached hydrogens (tertiary/aromatic N) is 1. The molecular weight excluding hydrogens is 539 g/mol. The summed E-state index contributed by atoms with van der Waals surface area (Å²) >= 11 is 19.2. The minimum atomic E-state index is -3.75. The molecule has 178 valence electrons. The van der Waals surface area contributed by atoms with E-state index in [1.165, 1.54) is 22.5 Å². The number of anilines is 1. The van der Waals surface area contributed by atoms with Crippen LogP contribution in [0.5, 0.6) is 0 Å². The second-order valence-electron chi connectivity index (χ2n) is 7.75. The van der Waals surface area contributed by atoms with Gasteiger partial charge in [-0.05, 0) is 55.3 Å². The van der Waals surface area contributed by atoms with Crippen LogP contribution in [0.15, 0.2) is 58.8 Å². The maximum atomic E-state index is 13.1. The van der Waals surface area contributed by atoms with Crippen molar-refractivity contribution in [1.82, 2.24) is 4.31 Å². The molecule has 1 aliphatic heterocycles. The highest BCUT2D eigenvalue weighted by molar-refractivity contribution is 7.91. The number of halogens is 3. The van der Waals surface area contributed by atoms with Gasteiger partial charge in [-0.25, -0.2) is 8.42 Å². The lowest BCUT2D eigenvalue weighted by Gasteiger charge is -2.31. The zero-order chi connectivity index (χ0) is 24.5. The van der Waals surface area contributed by atoms with Gasteiger partial charge in [0, 0.05) is 29.2 Å². The van der Waals surface area contributed by atoms with E-state index in [9.17, 15) is 18.0 Å².